The van der Waals surface area contributed by atoms with Crippen molar-refractivity contribution in [2.24, 2.45) is 5.92 Å². The highest BCUT2D eigenvalue weighted by Crippen LogP contribution is 2.40. The first-order chi connectivity index (χ1) is 10.1. The molecule has 2 fully saturated rings. The summed E-state index contributed by atoms with van der Waals surface area (Å²) in [6, 6.07) is 7.94. The second-order valence-electron chi connectivity index (χ2n) is 6.60. The van der Waals surface area contributed by atoms with Gasteiger partial charge in [0, 0.05) is 24.6 Å². The van der Waals surface area contributed by atoms with E-state index in [1.807, 2.05) is 29.2 Å². The number of carbonyl (C=O) groups excluding carboxylic acids is 1. The highest BCUT2D eigenvalue weighted by atomic mass is 16.3. The number of aryl methyl sites for hydroxylation is 1. The van der Waals surface area contributed by atoms with Crippen LogP contribution in [0.15, 0.2) is 24.3 Å². The van der Waals surface area contributed by atoms with E-state index in [-0.39, 0.29) is 11.8 Å². The Labute approximate surface area is 127 Å². The molecule has 3 heteroatoms. The highest BCUT2D eigenvalue weighted by molar-refractivity contribution is 5.94. The molecule has 0 radical (unpaired) electrons. The monoisotopic (exact) mass is 287 g/mol. The third-order valence-corrected chi connectivity index (χ3v) is 5.32. The molecule has 1 aliphatic carbocycles. The summed E-state index contributed by atoms with van der Waals surface area (Å²) >= 11 is 0. The fraction of sp³-hybridized carbons (Fsp3) is 0.611. The van der Waals surface area contributed by atoms with Gasteiger partial charge in [-0.3, -0.25) is 4.79 Å². The molecule has 2 unspecified atom stereocenters. The number of carbonyl (C=O) groups is 1. The molecule has 1 aromatic rings. The van der Waals surface area contributed by atoms with E-state index in [0.717, 1.165) is 37.7 Å². The second-order valence-corrected chi connectivity index (χ2v) is 6.60. The number of piperidine rings is 1. The summed E-state index contributed by atoms with van der Waals surface area (Å²) in [5, 5.41) is 10.7. The molecule has 1 saturated carbocycles. The van der Waals surface area contributed by atoms with Gasteiger partial charge in [-0.05, 0) is 43.4 Å². The Kier molecular flexibility index (Phi) is 4.03. The van der Waals surface area contributed by atoms with Crippen LogP contribution in [0.1, 0.15) is 54.9 Å². The Morgan fingerprint density at radius 1 is 1.29 bits per heavy atom. The lowest BCUT2D eigenvalue weighted by Gasteiger charge is -2.47. The van der Waals surface area contributed by atoms with Crippen molar-refractivity contribution in [2.45, 2.75) is 51.0 Å². The van der Waals surface area contributed by atoms with Crippen molar-refractivity contribution >= 4 is 5.91 Å². The quantitative estimate of drug-likeness (QED) is 0.908. The van der Waals surface area contributed by atoms with Crippen LogP contribution in [0, 0.1) is 5.92 Å². The zero-order valence-corrected chi connectivity index (χ0v) is 12.8. The van der Waals surface area contributed by atoms with E-state index in [2.05, 4.69) is 6.92 Å². The van der Waals surface area contributed by atoms with Crippen LogP contribution in [-0.2, 0) is 6.42 Å². The van der Waals surface area contributed by atoms with Crippen molar-refractivity contribution in [1.29, 1.82) is 0 Å². The van der Waals surface area contributed by atoms with Gasteiger partial charge in [0.15, 0.2) is 0 Å². The van der Waals surface area contributed by atoms with E-state index in [9.17, 15) is 9.90 Å². The zero-order valence-electron chi connectivity index (χ0n) is 12.8. The molecule has 114 valence electrons. The van der Waals surface area contributed by atoms with Crippen molar-refractivity contribution < 1.29 is 9.90 Å². The van der Waals surface area contributed by atoms with Crippen LogP contribution >= 0.6 is 0 Å². The van der Waals surface area contributed by atoms with Crippen LogP contribution in [0.4, 0.5) is 0 Å². The molecule has 1 heterocycles. The maximum atomic E-state index is 12.6. The lowest BCUT2D eigenvalue weighted by molar-refractivity contribution is -0.0886. The predicted octanol–water partition coefficient (Wildman–Crippen LogP) is 3.02. The molecule has 0 bridgehead atoms. The molecule has 3 rings (SSSR count). The van der Waals surface area contributed by atoms with Crippen molar-refractivity contribution in [3.8, 4) is 0 Å². The van der Waals surface area contributed by atoms with Gasteiger partial charge in [-0.25, -0.2) is 0 Å². The summed E-state index contributed by atoms with van der Waals surface area (Å²) in [5.41, 5.74) is 1.52. The van der Waals surface area contributed by atoms with E-state index in [0.29, 0.717) is 13.1 Å². The average molecular weight is 287 g/mol. The first kappa shape index (κ1) is 14.6. The molecule has 21 heavy (non-hydrogen) atoms. The Hall–Kier alpha value is -1.35. The van der Waals surface area contributed by atoms with Crippen LogP contribution in [-0.4, -0.2) is 34.6 Å². The highest BCUT2D eigenvalue weighted by Gasteiger charge is 2.43. The van der Waals surface area contributed by atoms with E-state index >= 15 is 0 Å². The summed E-state index contributed by atoms with van der Waals surface area (Å²) < 4.78 is 0. The summed E-state index contributed by atoms with van der Waals surface area (Å²) in [6.07, 6.45) is 5.99. The smallest absolute Gasteiger partial charge is 0.253 e. The van der Waals surface area contributed by atoms with Crippen molar-refractivity contribution in [2.75, 3.05) is 13.1 Å². The number of likely N-dealkylation sites (tertiary alicyclic amines) is 1. The number of nitrogens with zero attached hydrogens (tertiary/aromatic N) is 1. The maximum absolute atomic E-state index is 12.6. The van der Waals surface area contributed by atoms with Crippen molar-refractivity contribution in [3.63, 3.8) is 0 Å². The number of amides is 1. The molecule has 3 nitrogen and oxygen atoms in total. The van der Waals surface area contributed by atoms with E-state index in [4.69, 9.17) is 0 Å². The Morgan fingerprint density at radius 3 is 2.76 bits per heavy atom. The number of benzene rings is 1. The Morgan fingerprint density at radius 2 is 2.05 bits per heavy atom. The Balaban J connectivity index is 1.70. The summed E-state index contributed by atoms with van der Waals surface area (Å²) in [4.78, 5) is 14.6. The first-order valence-corrected chi connectivity index (χ1v) is 8.23. The minimum atomic E-state index is -0.513. The maximum Gasteiger partial charge on any atom is 0.253 e. The van der Waals surface area contributed by atoms with Crippen molar-refractivity contribution in [1.82, 2.24) is 4.90 Å². The standard InChI is InChI=1S/C18H25NO2/c1-2-14-6-8-15(9-7-14)17(20)19-12-11-18(21)10-4-3-5-16(18)13-19/h6-9,16,21H,2-5,10-13H2,1H3. The van der Waals surface area contributed by atoms with Gasteiger partial charge in [-0.2, -0.15) is 0 Å². The van der Waals surface area contributed by atoms with Gasteiger partial charge in [0.2, 0.25) is 0 Å². The number of fused-ring (bicyclic) bond motifs is 1. The molecule has 2 aliphatic rings. The van der Waals surface area contributed by atoms with Gasteiger partial charge in [0.25, 0.3) is 5.91 Å². The molecule has 1 aliphatic heterocycles. The molecule has 0 spiro atoms. The van der Waals surface area contributed by atoms with Gasteiger partial charge in [0.05, 0.1) is 5.60 Å². The summed E-state index contributed by atoms with van der Waals surface area (Å²) in [5.74, 6) is 0.379. The van der Waals surface area contributed by atoms with Crippen LogP contribution in [0.2, 0.25) is 0 Å². The fourth-order valence-corrected chi connectivity index (χ4v) is 3.82. The van der Waals surface area contributed by atoms with E-state index in [1.54, 1.807) is 0 Å². The second kappa shape index (κ2) is 5.80. The molecule has 1 N–H and O–H groups in total. The molecule has 1 amide bonds. The Bertz CT molecular complexity index is 510. The SMILES string of the molecule is CCc1ccc(C(=O)N2CCC3(O)CCCCC3C2)cc1. The molecule has 2 atom stereocenters. The van der Waals surface area contributed by atoms with Gasteiger partial charge < -0.3 is 10.0 Å². The van der Waals surface area contributed by atoms with Gasteiger partial charge in [-0.1, -0.05) is 31.9 Å². The van der Waals surface area contributed by atoms with Crippen LogP contribution < -0.4 is 0 Å². The molecule has 0 aromatic heterocycles. The van der Waals surface area contributed by atoms with Gasteiger partial charge in [-0.15, -0.1) is 0 Å². The molecular formula is C18H25NO2. The van der Waals surface area contributed by atoms with Crippen LogP contribution in [0.25, 0.3) is 0 Å². The number of rotatable bonds is 2. The zero-order chi connectivity index (χ0) is 14.9. The van der Waals surface area contributed by atoms with Crippen molar-refractivity contribution in [3.05, 3.63) is 35.4 Å². The largest absolute Gasteiger partial charge is 0.389 e. The summed E-state index contributed by atoms with van der Waals surface area (Å²) in [7, 11) is 0. The van der Waals surface area contributed by atoms with E-state index in [1.165, 1.54) is 12.0 Å². The lowest BCUT2D eigenvalue weighted by atomic mass is 9.71. The molecule has 1 aromatic carbocycles. The third kappa shape index (κ3) is 2.84. The number of aliphatic hydroxyl groups is 1. The average Bonchev–Trinajstić information content (AvgIpc) is 2.53. The van der Waals surface area contributed by atoms with E-state index < -0.39 is 5.60 Å². The minimum Gasteiger partial charge on any atom is -0.389 e. The number of hydrogen-bond acceptors (Lipinski definition) is 2. The topological polar surface area (TPSA) is 40.5 Å². The lowest BCUT2D eigenvalue weighted by Crippen LogP contribution is -2.54. The minimum absolute atomic E-state index is 0.116. The number of hydrogen-bond donors (Lipinski definition) is 1. The van der Waals surface area contributed by atoms with Crippen LogP contribution in [0.3, 0.4) is 0 Å². The summed E-state index contributed by atoms with van der Waals surface area (Å²) in [6.45, 7) is 3.51. The first-order valence-electron chi connectivity index (χ1n) is 8.23. The van der Waals surface area contributed by atoms with Gasteiger partial charge >= 0.3 is 0 Å². The third-order valence-electron chi connectivity index (χ3n) is 5.32. The molecular weight excluding hydrogens is 262 g/mol. The van der Waals surface area contributed by atoms with Crippen LogP contribution in [0.5, 0.6) is 0 Å². The fourth-order valence-electron chi connectivity index (χ4n) is 3.82. The molecule has 1 saturated heterocycles. The normalized spacial score (nSPS) is 29.0. The van der Waals surface area contributed by atoms with Gasteiger partial charge in [0.1, 0.15) is 0 Å². The predicted molar refractivity (Wildman–Crippen MR) is 83.2 cm³/mol.